The monoisotopic (exact) mass is 266 g/mol. The Kier molecular flexibility index (Phi) is 3.25. The minimum Gasteiger partial charge on any atom is -0.299 e. The van der Waals surface area contributed by atoms with Gasteiger partial charge in [-0.1, -0.05) is 35.0 Å². The second kappa shape index (κ2) is 4.48. The lowest BCUT2D eigenvalue weighted by Crippen LogP contribution is -2.12. The first kappa shape index (κ1) is 10.9. The average molecular weight is 267 g/mol. The van der Waals surface area contributed by atoms with Crippen molar-refractivity contribution in [1.29, 1.82) is 0 Å². The maximum absolute atomic E-state index is 11.4. The van der Waals surface area contributed by atoms with Crippen molar-refractivity contribution in [3.05, 3.63) is 34.3 Å². The molecule has 1 aromatic carbocycles. The molecule has 1 saturated carbocycles. The summed E-state index contributed by atoms with van der Waals surface area (Å²) in [5.74, 6) is 1.25. The van der Waals surface area contributed by atoms with Gasteiger partial charge in [0.2, 0.25) is 0 Å². The summed E-state index contributed by atoms with van der Waals surface area (Å²) in [7, 11) is 0. The standard InChI is InChI=1S/C13H15BrO/c1-9-11(4-7-13(9)15)8-10-2-5-12(14)6-3-10/h2-3,5-6,9,11H,4,7-8H2,1H3. The molecule has 1 aliphatic rings. The van der Waals surface area contributed by atoms with Gasteiger partial charge in [0.1, 0.15) is 5.78 Å². The van der Waals surface area contributed by atoms with E-state index < -0.39 is 0 Å². The van der Waals surface area contributed by atoms with Gasteiger partial charge >= 0.3 is 0 Å². The normalized spacial score (nSPS) is 25.9. The Labute approximate surface area is 99.0 Å². The second-order valence-electron chi connectivity index (χ2n) is 4.38. The van der Waals surface area contributed by atoms with E-state index in [4.69, 9.17) is 0 Å². The van der Waals surface area contributed by atoms with Crippen molar-refractivity contribution in [2.75, 3.05) is 0 Å². The van der Waals surface area contributed by atoms with Crippen molar-refractivity contribution >= 4 is 21.7 Å². The zero-order chi connectivity index (χ0) is 10.8. The van der Waals surface area contributed by atoms with Crippen molar-refractivity contribution in [3.63, 3.8) is 0 Å². The summed E-state index contributed by atoms with van der Waals surface area (Å²) >= 11 is 3.43. The number of carbonyl (C=O) groups excluding carboxylic acids is 1. The topological polar surface area (TPSA) is 17.1 Å². The largest absolute Gasteiger partial charge is 0.299 e. The highest BCUT2D eigenvalue weighted by atomic mass is 79.9. The van der Waals surface area contributed by atoms with Crippen molar-refractivity contribution in [3.8, 4) is 0 Å². The molecule has 0 spiro atoms. The SMILES string of the molecule is CC1C(=O)CCC1Cc1ccc(Br)cc1. The summed E-state index contributed by atoms with van der Waals surface area (Å²) in [4.78, 5) is 11.4. The molecule has 1 aliphatic carbocycles. The van der Waals surface area contributed by atoms with Crippen LogP contribution in [0.1, 0.15) is 25.3 Å². The van der Waals surface area contributed by atoms with Crippen LogP contribution in [0, 0.1) is 11.8 Å². The predicted molar refractivity (Wildman–Crippen MR) is 64.7 cm³/mol. The van der Waals surface area contributed by atoms with Gasteiger partial charge in [-0.2, -0.15) is 0 Å². The molecule has 1 fully saturated rings. The first-order chi connectivity index (χ1) is 7.16. The Morgan fingerprint density at radius 3 is 2.53 bits per heavy atom. The smallest absolute Gasteiger partial charge is 0.135 e. The number of halogens is 1. The van der Waals surface area contributed by atoms with E-state index in [2.05, 4.69) is 47.1 Å². The van der Waals surface area contributed by atoms with E-state index in [0.717, 1.165) is 23.7 Å². The first-order valence-corrected chi connectivity index (χ1v) is 6.23. The highest BCUT2D eigenvalue weighted by Gasteiger charge is 2.30. The molecule has 2 rings (SSSR count). The van der Waals surface area contributed by atoms with Crippen molar-refractivity contribution in [2.24, 2.45) is 11.8 Å². The third-order valence-corrected chi connectivity index (χ3v) is 3.92. The number of hydrogen-bond acceptors (Lipinski definition) is 1. The average Bonchev–Trinajstić information content (AvgIpc) is 2.53. The van der Waals surface area contributed by atoms with Crippen LogP contribution >= 0.6 is 15.9 Å². The number of ketones is 1. The highest BCUT2D eigenvalue weighted by Crippen LogP contribution is 2.31. The Morgan fingerprint density at radius 1 is 1.33 bits per heavy atom. The summed E-state index contributed by atoms with van der Waals surface area (Å²) in [5, 5.41) is 0. The molecule has 0 heterocycles. The highest BCUT2D eigenvalue weighted by molar-refractivity contribution is 9.10. The van der Waals surface area contributed by atoms with Crippen LogP contribution in [0.25, 0.3) is 0 Å². The van der Waals surface area contributed by atoms with Crippen LogP contribution in [0.5, 0.6) is 0 Å². The van der Waals surface area contributed by atoms with Gasteiger partial charge in [0.25, 0.3) is 0 Å². The predicted octanol–water partition coefficient (Wildman–Crippen LogP) is 3.61. The molecule has 0 N–H and O–H groups in total. The number of Topliss-reactive ketones (excluding diaryl/α,β-unsaturated/α-hetero) is 1. The molecule has 2 heteroatoms. The zero-order valence-electron chi connectivity index (χ0n) is 8.87. The Morgan fingerprint density at radius 2 is 2.00 bits per heavy atom. The molecule has 0 radical (unpaired) electrons. The van der Waals surface area contributed by atoms with E-state index in [9.17, 15) is 4.79 Å². The fourth-order valence-electron chi connectivity index (χ4n) is 2.27. The molecular weight excluding hydrogens is 252 g/mol. The maximum Gasteiger partial charge on any atom is 0.135 e. The van der Waals surface area contributed by atoms with Gasteiger partial charge < -0.3 is 0 Å². The molecule has 2 atom stereocenters. The van der Waals surface area contributed by atoms with Gasteiger partial charge in [-0.15, -0.1) is 0 Å². The van der Waals surface area contributed by atoms with Gasteiger partial charge in [-0.05, 0) is 36.5 Å². The zero-order valence-corrected chi connectivity index (χ0v) is 10.5. The third kappa shape index (κ3) is 2.49. The minimum atomic E-state index is 0.258. The first-order valence-electron chi connectivity index (χ1n) is 5.44. The summed E-state index contributed by atoms with van der Waals surface area (Å²) < 4.78 is 1.11. The lowest BCUT2D eigenvalue weighted by Gasteiger charge is -2.13. The van der Waals surface area contributed by atoms with E-state index in [0.29, 0.717) is 11.7 Å². The van der Waals surface area contributed by atoms with Crippen LogP contribution in [0.4, 0.5) is 0 Å². The molecule has 2 unspecified atom stereocenters. The van der Waals surface area contributed by atoms with E-state index in [1.807, 2.05) is 0 Å². The molecule has 0 aliphatic heterocycles. The lowest BCUT2D eigenvalue weighted by molar-refractivity contribution is -0.120. The van der Waals surface area contributed by atoms with E-state index in [1.54, 1.807) is 0 Å². The van der Waals surface area contributed by atoms with Gasteiger partial charge in [-0.3, -0.25) is 4.79 Å². The number of carbonyl (C=O) groups is 1. The summed E-state index contributed by atoms with van der Waals surface area (Å²) in [6.07, 6.45) is 2.89. The molecule has 1 nitrogen and oxygen atoms in total. The van der Waals surface area contributed by atoms with E-state index in [1.165, 1.54) is 5.56 Å². The minimum absolute atomic E-state index is 0.258. The van der Waals surface area contributed by atoms with Crippen LogP contribution in [0.2, 0.25) is 0 Å². The molecule has 0 amide bonds. The maximum atomic E-state index is 11.4. The third-order valence-electron chi connectivity index (χ3n) is 3.39. The fourth-order valence-corrected chi connectivity index (χ4v) is 2.53. The van der Waals surface area contributed by atoms with E-state index in [-0.39, 0.29) is 5.92 Å². The number of hydrogen-bond donors (Lipinski definition) is 0. The van der Waals surface area contributed by atoms with Crippen LogP contribution in [0.15, 0.2) is 28.7 Å². The molecule has 0 aromatic heterocycles. The molecule has 0 saturated heterocycles. The molecule has 1 aromatic rings. The van der Waals surface area contributed by atoms with Gasteiger partial charge in [-0.25, -0.2) is 0 Å². The van der Waals surface area contributed by atoms with Crippen molar-refractivity contribution in [1.82, 2.24) is 0 Å². The molecule has 80 valence electrons. The summed E-state index contributed by atoms with van der Waals surface area (Å²) in [6.45, 7) is 2.07. The summed E-state index contributed by atoms with van der Waals surface area (Å²) in [5.41, 5.74) is 1.34. The molecule has 15 heavy (non-hydrogen) atoms. The van der Waals surface area contributed by atoms with E-state index >= 15 is 0 Å². The van der Waals surface area contributed by atoms with Gasteiger partial charge in [0, 0.05) is 16.8 Å². The Hall–Kier alpha value is -0.630. The molecule has 0 bridgehead atoms. The number of benzene rings is 1. The summed E-state index contributed by atoms with van der Waals surface area (Å²) in [6, 6.07) is 8.41. The second-order valence-corrected chi connectivity index (χ2v) is 5.30. The van der Waals surface area contributed by atoms with Crippen LogP contribution in [-0.4, -0.2) is 5.78 Å². The molecular formula is C13H15BrO. The van der Waals surface area contributed by atoms with Crippen LogP contribution < -0.4 is 0 Å². The Balaban J connectivity index is 2.03. The van der Waals surface area contributed by atoms with Crippen LogP contribution in [0.3, 0.4) is 0 Å². The lowest BCUT2D eigenvalue weighted by atomic mass is 9.91. The Bertz CT molecular complexity index is 355. The van der Waals surface area contributed by atoms with Crippen molar-refractivity contribution in [2.45, 2.75) is 26.2 Å². The van der Waals surface area contributed by atoms with Crippen LogP contribution in [-0.2, 0) is 11.2 Å². The quantitative estimate of drug-likeness (QED) is 0.800. The number of rotatable bonds is 2. The van der Waals surface area contributed by atoms with Gasteiger partial charge in [0.15, 0.2) is 0 Å². The fraction of sp³-hybridized carbons (Fsp3) is 0.462. The van der Waals surface area contributed by atoms with Crippen molar-refractivity contribution < 1.29 is 4.79 Å². The van der Waals surface area contributed by atoms with Gasteiger partial charge in [0.05, 0.1) is 0 Å².